The van der Waals surface area contributed by atoms with E-state index in [1.807, 2.05) is 0 Å². The summed E-state index contributed by atoms with van der Waals surface area (Å²) in [6.07, 6.45) is 0.223. The van der Waals surface area contributed by atoms with Gasteiger partial charge in [-0.05, 0) is 38.0 Å². The second-order valence-corrected chi connectivity index (χ2v) is 4.79. The van der Waals surface area contributed by atoms with Gasteiger partial charge < -0.3 is 10.2 Å². The largest absolute Gasteiger partial charge is 0.382 e. The second kappa shape index (κ2) is 4.77. The lowest BCUT2D eigenvalue weighted by Crippen LogP contribution is -2.54. The van der Waals surface area contributed by atoms with Gasteiger partial charge in [0.2, 0.25) is 0 Å². The molecule has 94 valence electrons. The van der Waals surface area contributed by atoms with Crippen molar-refractivity contribution >= 4 is 17.4 Å². The number of rotatable bonds is 4. The summed E-state index contributed by atoms with van der Waals surface area (Å²) in [7, 11) is 0. The summed E-state index contributed by atoms with van der Waals surface area (Å²) >= 11 is 5.77. The van der Waals surface area contributed by atoms with Crippen molar-refractivity contribution in [3.63, 3.8) is 0 Å². The molecular formula is C13H17ClO3. The third-order valence-electron chi connectivity index (χ3n) is 3.32. The Morgan fingerprint density at radius 1 is 1.29 bits per heavy atom. The third-order valence-corrected chi connectivity index (χ3v) is 3.58. The molecule has 0 aliphatic heterocycles. The molecule has 0 bridgehead atoms. The highest BCUT2D eigenvalue weighted by molar-refractivity contribution is 6.30. The third kappa shape index (κ3) is 2.37. The SMILES string of the molecule is CCC(O)(c1ccc(Cl)cc1)C(C)(O)C(C)=O. The zero-order valence-corrected chi connectivity index (χ0v) is 11.0. The highest BCUT2D eigenvalue weighted by atomic mass is 35.5. The van der Waals surface area contributed by atoms with Gasteiger partial charge in [0.05, 0.1) is 0 Å². The predicted octanol–water partition coefficient (Wildman–Crippen LogP) is 2.28. The highest BCUT2D eigenvalue weighted by Crippen LogP contribution is 2.37. The smallest absolute Gasteiger partial charge is 0.164 e. The molecule has 0 aromatic heterocycles. The van der Waals surface area contributed by atoms with Gasteiger partial charge in [-0.3, -0.25) is 4.79 Å². The second-order valence-electron chi connectivity index (χ2n) is 4.35. The molecule has 0 aliphatic rings. The lowest BCUT2D eigenvalue weighted by Gasteiger charge is -2.39. The van der Waals surface area contributed by atoms with Crippen LogP contribution in [0.1, 0.15) is 32.8 Å². The number of aliphatic hydroxyl groups is 2. The van der Waals surface area contributed by atoms with E-state index in [0.29, 0.717) is 10.6 Å². The molecule has 0 radical (unpaired) electrons. The van der Waals surface area contributed by atoms with Crippen LogP contribution in [-0.4, -0.2) is 21.6 Å². The van der Waals surface area contributed by atoms with Crippen molar-refractivity contribution < 1.29 is 15.0 Å². The fraction of sp³-hybridized carbons (Fsp3) is 0.462. The maximum absolute atomic E-state index is 11.5. The number of halogens is 1. The predicted molar refractivity (Wildman–Crippen MR) is 66.9 cm³/mol. The van der Waals surface area contributed by atoms with Gasteiger partial charge in [0.25, 0.3) is 0 Å². The number of hydrogen-bond acceptors (Lipinski definition) is 3. The first kappa shape index (κ1) is 14.2. The van der Waals surface area contributed by atoms with E-state index >= 15 is 0 Å². The zero-order chi connectivity index (χ0) is 13.3. The van der Waals surface area contributed by atoms with E-state index in [1.165, 1.54) is 13.8 Å². The molecule has 0 spiro atoms. The summed E-state index contributed by atoms with van der Waals surface area (Å²) in [6, 6.07) is 6.47. The number of carbonyl (C=O) groups is 1. The van der Waals surface area contributed by atoms with E-state index < -0.39 is 17.0 Å². The Kier molecular flexibility index (Phi) is 3.97. The topological polar surface area (TPSA) is 57.5 Å². The van der Waals surface area contributed by atoms with Gasteiger partial charge in [-0.25, -0.2) is 0 Å². The van der Waals surface area contributed by atoms with Crippen LogP contribution in [0.15, 0.2) is 24.3 Å². The van der Waals surface area contributed by atoms with Crippen LogP contribution in [0.25, 0.3) is 0 Å². The summed E-state index contributed by atoms with van der Waals surface area (Å²) in [4.78, 5) is 11.5. The minimum atomic E-state index is -1.82. The molecule has 1 aromatic carbocycles. The van der Waals surface area contributed by atoms with Crippen molar-refractivity contribution in [2.45, 2.75) is 38.4 Å². The normalized spacial score (nSPS) is 18.2. The van der Waals surface area contributed by atoms with E-state index in [9.17, 15) is 15.0 Å². The van der Waals surface area contributed by atoms with Gasteiger partial charge in [-0.15, -0.1) is 0 Å². The number of ketones is 1. The van der Waals surface area contributed by atoms with Crippen molar-refractivity contribution in [3.8, 4) is 0 Å². The molecule has 1 rings (SSSR count). The van der Waals surface area contributed by atoms with Crippen LogP contribution < -0.4 is 0 Å². The average molecular weight is 257 g/mol. The van der Waals surface area contributed by atoms with Gasteiger partial charge in [0, 0.05) is 5.02 Å². The van der Waals surface area contributed by atoms with Crippen LogP contribution in [-0.2, 0) is 10.4 Å². The summed E-state index contributed by atoms with van der Waals surface area (Å²) < 4.78 is 0. The fourth-order valence-electron chi connectivity index (χ4n) is 1.85. The standard InChI is InChI=1S/C13H17ClO3/c1-4-13(17,12(3,16)9(2)15)10-5-7-11(14)8-6-10/h5-8,16-17H,4H2,1-3H3. The fourth-order valence-corrected chi connectivity index (χ4v) is 1.97. The Bertz CT molecular complexity index is 411. The van der Waals surface area contributed by atoms with E-state index in [0.717, 1.165) is 0 Å². The molecule has 2 N–H and O–H groups in total. The molecule has 0 heterocycles. The van der Waals surface area contributed by atoms with Gasteiger partial charge >= 0.3 is 0 Å². The first-order chi connectivity index (χ1) is 7.75. The minimum absolute atomic E-state index is 0.223. The molecule has 1 aromatic rings. The molecule has 17 heavy (non-hydrogen) atoms. The average Bonchev–Trinajstić information content (AvgIpc) is 2.28. The lowest BCUT2D eigenvalue weighted by atomic mass is 9.75. The Morgan fingerprint density at radius 2 is 1.76 bits per heavy atom. The summed E-state index contributed by atoms with van der Waals surface area (Å²) in [5.41, 5.74) is -2.96. The Hall–Kier alpha value is -0.900. The minimum Gasteiger partial charge on any atom is -0.382 e. The zero-order valence-electron chi connectivity index (χ0n) is 10.2. The highest BCUT2D eigenvalue weighted by Gasteiger charge is 2.49. The summed E-state index contributed by atoms with van der Waals surface area (Å²) in [5.74, 6) is -0.475. The molecule has 0 saturated carbocycles. The number of carbonyl (C=O) groups excluding carboxylic acids is 1. The Balaban J connectivity index is 3.30. The molecular weight excluding hydrogens is 240 g/mol. The molecule has 2 unspecified atom stereocenters. The van der Waals surface area contributed by atoms with E-state index in [4.69, 9.17) is 11.6 Å². The Labute approximate surface area is 106 Å². The maximum Gasteiger partial charge on any atom is 0.164 e. The summed E-state index contributed by atoms with van der Waals surface area (Å²) in [6.45, 7) is 4.30. The number of hydrogen-bond donors (Lipinski definition) is 2. The van der Waals surface area contributed by atoms with Crippen LogP contribution in [0, 0.1) is 0 Å². The van der Waals surface area contributed by atoms with Crippen molar-refractivity contribution in [2.75, 3.05) is 0 Å². The molecule has 2 atom stereocenters. The monoisotopic (exact) mass is 256 g/mol. The molecule has 4 heteroatoms. The quantitative estimate of drug-likeness (QED) is 0.869. The van der Waals surface area contributed by atoms with Crippen molar-refractivity contribution in [3.05, 3.63) is 34.9 Å². The van der Waals surface area contributed by atoms with Crippen LogP contribution >= 0.6 is 11.6 Å². The maximum atomic E-state index is 11.5. The van der Waals surface area contributed by atoms with Gasteiger partial charge in [-0.1, -0.05) is 30.7 Å². The van der Waals surface area contributed by atoms with Crippen molar-refractivity contribution in [2.24, 2.45) is 0 Å². The van der Waals surface area contributed by atoms with Gasteiger partial charge in [0.1, 0.15) is 5.60 Å². The van der Waals surface area contributed by atoms with Crippen LogP contribution in [0.4, 0.5) is 0 Å². The lowest BCUT2D eigenvalue weighted by molar-refractivity contribution is -0.171. The van der Waals surface area contributed by atoms with Crippen molar-refractivity contribution in [1.29, 1.82) is 0 Å². The molecule has 0 saturated heterocycles. The molecule has 3 nitrogen and oxygen atoms in total. The van der Waals surface area contributed by atoms with Crippen LogP contribution in [0.3, 0.4) is 0 Å². The van der Waals surface area contributed by atoms with Crippen molar-refractivity contribution in [1.82, 2.24) is 0 Å². The number of Topliss-reactive ketones (excluding diaryl/α,β-unsaturated/α-hetero) is 1. The van der Waals surface area contributed by atoms with Crippen LogP contribution in [0.5, 0.6) is 0 Å². The first-order valence-electron chi connectivity index (χ1n) is 5.47. The van der Waals surface area contributed by atoms with Gasteiger partial charge in [0.15, 0.2) is 11.4 Å². The Morgan fingerprint density at radius 3 is 2.12 bits per heavy atom. The number of benzene rings is 1. The van der Waals surface area contributed by atoms with E-state index in [2.05, 4.69) is 0 Å². The summed E-state index contributed by atoms with van der Waals surface area (Å²) in [5, 5.41) is 21.3. The molecule has 0 amide bonds. The van der Waals surface area contributed by atoms with E-state index in [1.54, 1.807) is 31.2 Å². The van der Waals surface area contributed by atoms with Gasteiger partial charge in [-0.2, -0.15) is 0 Å². The van der Waals surface area contributed by atoms with Crippen LogP contribution in [0.2, 0.25) is 5.02 Å². The first-order valence-corrected chi connectivity index (χ1v) is 5.85. The molecule has 0 aliphatic carbocycles. The molecule has 0 fully saturated rings. The van der Waals surface area contributed by atoms with E-state index in [-0.39, 0.29) is 6.42 Å².